The minimum Gasteiger partial charge on any atom is -0.490 e. The second kappa shape index (κ2) is 4.64. The van der Waals surface area contributed by atoms with Gasteiger partial charge in [0.05, 0.1) is 13.2 Å². The van der Waals surface area contributed by atoms with Gasteiger partial charge in [-0.2, -0.15) is 0 Å². The molecule has 5 rings (SSSR count). The molecule has 112 valence electrons. The molecule has 3 heteroatoms. The normalized spacial score (nSPS) is 39.0. The topological polar surface area (TPSA) is 30.5 Å². The van der Waals surface area contributed by atoms with Gasteiger partial charge >= 0.3 is 0 Å². The van der Waals surface area contributed by atoms with E-state index in [-0.39, 0.29) is 0 Å². The number of fused-ring (bicyclic) bond motifs is 6. The molecular weight excluding hydrogens is 262 g/mol. The van der Waals surface area contributed by atoms with E-state index in [1.165, 1.54) is 24.8 Å². The number of hydrogen-bond acceptors (Lipinski definition) is 3. The smallest absolute Gasteiger partial charge is 0.165 e. The number of rotatable bonds is 3. The van der Waals surface area contributed by atoms with Crippen LogP contribution in [0.4, 0.5) is 0 Å². The monoisotopic (exact) mass is 285 g/mol. The van der Waals surface area contributed by atoms with Crippen molar-refractivity contribution in [3.63, 3.8) is 0 Å². The Morgan fingerprint density at radius 1 is 1.05 bits per heavy atom. The molecule has 0 aromatic heterocycles. The van der Waals surface area contributed by atoms with Gasteiger partial charge in [-0.25, -0.2) is 0 Å². The van der Waals surface area contributed by atoms with Gasteiger partial charge < -0.3 is 14.8 Å². The fourth-order valence-electron chi connectivity index (χ4n) is 5.22. The van der Waals surface area contributed by atoms with Gasteiger partial charge in [0, 0.05) is 24.6 Å². The zero-order chi connectivity index (χ0) is 13.8. The predicted molar refractivity (Wildman–Crippen MR) is 80.5 cm³/mol. The second-order valence-electron chi connectivity index (χ2n) is 7.19. The van der Waals surface area contributed by atoms with Crippen LogP contribution in [0.2, 0.25) is 0 Å². The molecule has 2 bridgehead atoms. The van der Waals surface area contributed by atoms with E-state index < -0.39 is 0 Å². The lowest BCUT2D eigenvalue weighted by Crippen LogP contribution is -2.22. The standard InChI is InChI=1S/C18H23NO2/c1-3-13(18-14(4-1)20-7-2-8-21-18)10-19-17-15-11-5-6-12(9-11)16(15)17/h1,3-4,11-12,15-17,19H,2,5-10H2. The zero-order valence-corrected chi connectivity index (χ0v) is 12.4. The van der Waals surface area contributed by atoms with Crippen LogP contribution in [0.15, 0.2) is 18.2 Å². The summed E-state index contributed by atoms with van der Waals surface area (Å²) in [5.74, 6) is 5.93. The lowest BCUT2D eigenvalue weighted by Gasteiger charge is -2.14. The summed E-state index contributed by atoms with van der Waals surface area (Å²) in [5, 5.41) is 3.81. The molecule has 0 spiro atoms. The molecule has 1 aliphatic heterocycles. The van der Waals surface area contributed by atoms with Crippen molar-refractivity contribution in [1.29, 1.82) is 0 Å². The van der Waals surface area contributed by atoms with E-state index in [0.717, 1.165) is 67.4 Å². The van der Waals surface area contributed by atoms with Crippen LogP contribution < -0.4 is 14.8 Å². The minimum absolute atomic E-state index is 0.764. The van der Waals surface area contributed by atoms with Crippen molar-refractivity contribution in [2.45, 2.75) is 38.3 Å². The average molecular weight is 285 g/mol. The van der Waals surface area contributed by atoms with E-state index in [9.17, 15) is 0 Å². The summed E-state index contributed by atoms with van der Waals surface area (Å²) < 4.78 is 11.7. The molecule has 0 radical (unpaired) electrons. The van der Waals surface area contributed by atoms with Gasteiger partial charge in [-0.05, 0) is 49.0 Å². The lowest BCUT2D eigenvalue weighted by atomic mass is 10.0. The van der Waals surface area contributed by atoms with Crippen molar-refractivity contribution in [2.24, 2.45) is 23.7 Å². The first kappa shape index (κ1) is 12.3. The Balaban J connectivity index is 1.29. The van der Waals surface area contributed by atoms with Crippen LogP contribution in [-0.4, -0.2) is 19.3 Å². The molecule has 3 aliphatic carbocycles. The van der Waals surface area contributed by atoms with Crippen LogP contribution in [0.3, 0.4) is 0 Å². The van der Waals surface area contributed by atoms with Gasteiger partial charge in [-0.3, -0.25) is 0 Å². The Bertz CT molecular complexity index is 542. The molecule has 1 aromatic rings. The van der Waals surface area contributed by atoms with Crippen molar-refractivity contribution < 1.29 is 9.47 Å². The fraction of sp³-hybridized carbons (Fsp3) is 0.667. The van der Waals surface area contributed by atoms with Crippen LogP contribution in [0.1, 0.15) is 31.2 Å². The van der Waals surface area contributed by atoms with Crippen LogP contribution in [0, 0.1) is 23.7 Å². The Labute approximate surface area is 126 Å². The molecule has 1 aromatic carbocycles. The molecule has 21 heavy (non-hydrogen) atoms. The molecule has 0 saturated heterocycles. The van der Waals surface area contributed by atoms with Gasteiger partial charge in [0.1, 0.15) is 0 Å². The highest BCUT2D eigenvalue weighted by atomic mass is 16.5. The van der Waals surface area contributed by atoms with Crippen LogP contribution >= 0.6 is 0 Å². The minimum atomic E-state index is 0.764. The number of nitrogens with one attached hydrogen (secondary N) is 1. The fourth-order valence-corrected chi connectivity index (χ4v) is 5.22. The van der Waals surface area contributed by atoms with E-state index in [2.05, 4.69) is 17.4 Å². The highest BCUT2D eigenvalue weighted by molar-refractivity contribution is 5.47. The summed E-state index contributed by atoms with van der Waals surface area (Å²) >= 11 is 0. The Morgan fingerprint density at radius 2 is 1.86 bits per heavy atom. The first-order chi connectivity index (χ1) is 10.4. The van der Waals surface area contributed by atoms with Crippen LogP contribution in [0.5, 0.6) is 11.5 Å². The van der Waals surface area contributed by atoms with E-state index in [1.54, 1.807) is 0 Å². The van der Waals surface area contributed by atoms with Crippen molar-refractivity contribution in [3.05, 3.63) is 23.8 Å². The van der Waals surface area contributed by atoms with Crippen LogP contribution in [-0.2, 0) is 6.54 Å². The Hall–Kier alpha value is -1.22. The number of ether oxygens (including phenoxy) is 2. The first-order valence-electron chi connectivity index (χ1n) is 8.53. The summed E-state index contributed by atoms with van der Waals surface area (Å²) in [5.41, 5.74) is 1.26. The van der Waals surface area contributed by atoms with Gasteiger partial charge in [-0.1, -0.05) is 12.1 Å². The van der Waals surface area contributed by atoms with E-state index in [0.29, 0.717) is 0 Å². The quantitative estimate of drug-likeness (QED) is 0.926. The lowest BCUT2D eigenvalue weighted by molar-refractivity contribution is 0.295. The molecule has 4 aliphatic rings. The van der Waals surface area contributed by atoms with Crippen LogP contribution in [0.25, 0.3) is 0 Å². The maximum Gasteiger partial charge on any atom is 0.165 e. The Kier molecular flexibility index (Phi) is 2.72. The third-order valence-corrected chi connectivity index (χ3v) is 6.12. The molecule has 3 saturated carbocycles. The molecule has 0 amide bonds. The number of hydrogen-bond donors (Lipinski definition) is 1. The SMILES string of the molecule is c1cc(CNC2C3C4CCC(C4)C23)c2c(c1)OCCCO2. The van der Waals surface area contributed by atoms with Gasteiger partial charge in [0.2, 0.25) is 0 Å². The van der Waals surface area contributed by atoms with E-state index >= 15 is 0 Å². The molecule has 3 nitrogen and oxygen atoms in total. The molecule has 3 fully saturated rings. The maximum absolute atomic E-state index is 5.92. The Morgan fingerprint density at radius 3 is 2.71 bits per heavy atom. The summed E-state index contributed by atoms with van der Waals surface area (Å²) in [6.07, 6.45) is 5.46. The highest BCUT2D eigenvalue weighted by Crippen LogP contribution is 2.65. The maximum atomic E-state index is 5.92. The third-order valence-electron chi connectivity index (χ3n) is 6.12. The number of benzene rings is 1. The number of para-hydroxylation sites is 1. The first-order valence-corrected chi connectivity index (χ1v) is 8.53. The summed E-state index contributed by atoms with van der Waals surface area (Å²) in [7, 11) is 0. The van der Waals surface area contributed by atoms with Crippen molar-refractivity contribution in [2.75, 3.05) is 13.2 Å². The predicted octanol–water partition coefficient (Wildman–Crippen LogP) is 2.98. The molecular formula is C18H23NO2. The largest absolute Gasteiger partial charge is 0.490 e. The van der Waals surface area contributed by atoms with Crippen molar-refractivity contribution in [1.82, 2.24) is 5.32 Å². The average Bonchev–Trinajstić information content (AvgIpc) is 3.02. The zero-order valence-electron chi connectivity index (χ0n) is 12.4. The summed E-state index contributed by atoms with van der Waals surface area (Å²) in [4.78, 5) is 0. The van der Waals surface area contributed by atoms with Gasteiger partial charge in [0.15, 0.2) is 11.5 Å². The second-order valence-corrected chi connectivity index (χ2v) is 7.19. The molecule has 1 heterocycles. The van der Waals surface area contributed by atoms with Gasteiger partial charge in [0.25, 0.3) is 0 Å². The van der Waals surface area contributed by atoms with Crippen molar-refractivity contribution >= 4 is 0 Å². The van der Waals surface area contributed by atoms with Crippen molar-refractivity contribution in [3.8, 4) is 11.5 Å². The van der Waals surface area contributed by atoms with E-state index in [1.807, 2.05) is 6.07 Å². The molecule has 4 atom stereocenters. The summed E-state index contributed by atoms with van der Waals surface area (Å²) in [6, 6.07) is 7.06. The summed E-state index contributed by atoms with van der Waals surface area (Å²) in [6.45, 7) is 2.45. The van der Waals surface area contributed by atoms with Gasteiger partial charge in [-0.15, -0.1) is 0 Å². The highest BCUT2D eigenvalue weighted by Gasteiger charge is 2.64. The molecule has 1 N–H and O–H groups in total. The van der Waals surface area contributed by atoms with E-state index in [4.69, 9.17) is 9.47 Å². The molecule has 4 unspecified atom stereocenters. The third kappa shape index (κ3) is 1.90.